The van der Waals surface area contributed by atoms with Gasteiger partial charge in [0.15, 0.2) is 0 Å². The van der Waals surface area contributed by atoms with Crippen LogP contribution in [0.5, 0.6) is 11.5 Å². The van der Waals surface area contributed by atoms with Crippen LogP contribution in [0.3, 0.4) is 0 Å². The number of carbonyl (C=O) groups is 2. The number of likely N-dealkylation sites (tertiary alicyclic amines) is 1. The summed E-state index contributed by atoms with van der Waals surface area (Å²) in [7, 11) is 3.15. The third-order valence-electron chi connectivity index (χ3n) is 5.64. The van der Waals surface area contributed by atoms with Crippen LogP contribution in [0, 0.1) is 6.92 Å². The smallest absolute Gasteiger partial charge is 0.295 e. The number of ketones is 1. The number of nitrogens with zero attached hydrogens (tertiary/aromatic N) is 1. The van der Waals surface area contributed by atoms with Gasteiger partial charge in [-0.15, -0.1) is 0 Å². The molecule has 1 N–H and O–H groups in total. The molecule has 1 unspecified atom stereocenters. The summed E-state index contributed by atoms with van der Waals surface area (Å²) < 4.78 is 16.0. The standard InChI is InChI=1S/C26H31NO6/c1-5-14-33-19-9-7-18(8-10-19)23-22(25(29)26(30)27(23)13-6-15-31-3)24(28)21-12-11-20(32-4)16-17(21)2/h7-12,16,23,28H,5-6,13-15H2,1-4H3/b24-22-. The van der Waals surface area contributed by atoms with E-state index in [9.17, 15) is 14.7 Å². The van der Waals surface area contributed by atoms with Crippen LogP contribution in [0.2, 0.25) is 0 Å². The maximum Gasteiger partial charge on any atom is 0.295 e. The van der Waals surface area contributed by atoms with Gasteiger partial charge in [0.25, 0.3) is 11.7 Å². The minimum Gasteiger partial charge on any atom is -0.507 e. The molecular formula is C26H31NO6. The van der Waals surface area contributed by atoms with Crippen molar-refractivity contribution in [3.8, 4) is 11.5 Å². The first-order chi connectivity index (χ1) is 15.9. The summed E-state index contributed by atoms with van der Waals surface area (Å²) in [4.78, 5) is 27.6. The number of aryl methyl sites for hydroxylation is 1. The van der Waals surface area contributed by atoms with Gasteiger partial charge in [-0.05, 0) is 61.2 Å². The van der Waals surface area contributed by atoms with Gasteiger partial charge in [0.05, 0.1) is 25.3 Å². The van der Waals surface area contributed by atoms with Crippen molar-refractivity contribution in [1.29, 1.82) is 0 Å². The predicted octanol–water partition coefficient (Wildman–Crippen LogP) is 4.25. The van der Waals surface area contributed by atoms with Gasteiger partial charge in [-0.2, -0.15) is 0 Å². The van der Waals surface area contributed by atoms with E-state index in [4.69, 9.17) is 14.2 Å². The molecule has 7 nitrogen and oxygen atoms in total. The van der Waals surface area contributed by atoms with Crippen molar-refractivity contribution in [3.05, 3.63) is 64.7 Å². The Morgan fingerprint density at radius 2 is 1.73 bits per heavy atom. The highest BCUT2D eigenvalue weighted by Crippen LogP contribution is 2.40. The van der Waals surface area contributed by atoms with Gasteiger partial charge < -0.3 is 24.2 Å². The molecule has 1 aliphatic heterocycles. The highest BCUT2D eigenvalue weighted by atomic mass is 16.5. The zero-order chi connectivity index (χ0) is 24.0. The number of Topliss-reactive ketones (excluding diaryl/α,β-unsaturated/α-hetero) is 1. The number of ether oxygens (including phenoxy) is 3. The molecule has 1 aliphatic rings. The molecule has 0 radical (unpaired) electrons. The monoisotopic (exact) mass is 453 g/mol. The van der Waals surface area contributed by atoms with Crippen LogP contribution in [-0.4, -0.2) is 55.7 Å². The second-order valence-electron chi connectivity index (χ2n) is 7.94. The molecule has 0 aliphatic carbocycles. The van der Waals surface area contributed by atoms with Gasteiger partial charge in [-0.25, -0.2) is 0 Å². The first-order valence-corrected chi connectivity index (χ1v) is 11.1. The first-order valence-electron chi connectivity index (χ1n) is 11.1. The fourth-order valence-corrected chi connectivity index (χ4v) is 3.98. The lowest BCUT2D eigenvalue weighted by molar-refractivity contribution is -0.140. The number of hydrogen-bond donors (Lipinski definition) is 1. The van der Waals surface area contributed by atoms with Gasteiger partial charge in [-0.3, -0.25) is 9.59 Å². The lowest BCUT2D eigenvalue weighted by Crippen LogP contribution is -2.31. The Labute approximate surface area is 194 Å². The SMILES string of the molecule is CCCOc1ccc(C2/C(=C(/O)c3ccc(OC)cc3C)C(=O)C(=O)N2CCCOC)cc1. The molecule has 33 heavy (non-hydrogen) atoms. The molecule has 0 bridgehead atoms. The van der Waals surface area contributed by atoms with Crippen LogP contribution >= 0.6 is 0 Å². The van der Waals surface area contributed by atoms with E-state index < -0.39 is 17.7 Å². The molecule has 1 heterocycles. The third-order valence-corrected chi connectivity index (χ3v) is 5.64. The van der Waals surface area contributed by atoms with E-state index >= 15 is 0 Å². The number of hydrogen-bond acceptors (Lipinski definition) is 6. The topological polar surface area (TPSA) is 85.3 Å². The van der Waals surface area contributed by atoms with Crippen LogP contribution in [0.1, 0.15) is 42.5 Å². The summed E-state index contributed by atoms with van der Waals surface area (Å²) in [5.74, 6) is -0.170. The number of amides is 1. The number of rotatable bonds is 10. The Morgan fingerprint density at radius 1 is 1.03 bits per heavy atom. The van der Waals surface area contributed by atoms with Crippen LogP contribution in [-0.2, 0) is 14.3 Å². The zero-order valence-electron chi connectivity index (χ0n) is 19.6. The Balaban J connectivity index is 2.08. The fourth-order valence-electron chi connectivity index (χ4n) is 3.98. The second kappa shape index (κ2) is 11.0. The lowest BCUT2D eigenvalue weighted by Gasteiger charge is -2.25. The Morgan fingerprint density at radius 3 is 2.33 bits per heavy atom. The van der Waals surface area contributed by atoms with Gasteiger partial charge in [0.2, 0.25) is 0 Å². The van der Waals surface area contributed by atoms with Crippen molar-refractivity contribution in [1.82, 2.24) is 4.90 Å². The molecule has 7 heteroatoms. The zero-order valence-corrected chi connectivity index (χ0v) is 19.6. The Hall–Kier alpha value is -3.32. The van der Waals surface area contributed by atoms with E-state index in [2.05, 4.69) is 0 Å². The van der Waals surface area contributed by atoms with E-state index in [0.29, 0.717) is 43.2 Å². The number of benzene rings is 2. The van der Waals surface area contributed by atoms with Crippen molar-refractivity contribution in [2.24, 2.45) is 0 Å². The first kappa shape index (κ1) is 24.3. The molecule has 1 atom stereocenters. The number of aliphatic hydroxyl groups excluding tert-OH is 1. The highest BCUT2D eigenvalue weighted by molar-refractivity contribution is 6.46. The average molecular weight is 454 g/mol. The van der Waals surface area contributed by atoms with Crippen LogP contribution in [0.4, 0.5) is 0 Å². The summed E-state index contributed by atoms with van der Waals surface area (Å²) in [6.45, 7) is 5.24. The second-order valence-corrected chi connectivity index (χ2v) is 7.94. The van der Waals surface area contributed by atoms with Crippen molar-refractivity contribution >= 4 is 17.4 Å². The lowest BCUT2D eigenvalue weighted by atomic mass is 9.93. The summed E-state index contributed by atoms with van der Waals surface area (Å²) >= 11 is 0. The molecule has 176 valence electrons. The van der Waals surface area contributed by atoms with Crippen molar-refractivity contribution in [2.75, 3.05) is 34.0 Å². The van der Waals surface area contributed by atoms with E-state index in [-0.39, 0.29) is 11.3 Å². The number of carbonyl (C=O) groups excluding carboxylic acids is 2. The molecule has 3 rings (SSSR count). The van der Waals surface area contributed by atoms with Crippen LogP contribution < -0.4 is 9.47 Å². The van der Waals surface area contributed by atoms with Gasteiger partial charge in [0, 0.05) is 25.8 Å². The highest BCUT2D eigenvalue weighted by Gasteiger charge is 2.45. The van der Waals surface area contributed by atoms with Crippen LogP contribution in [0.15, 0.2) is 48.0 Å². The average Bonchev–Trinajstić information content (AvgIpc) is 3.07. The van der Waals surface area contributed by atoms with E-state index in [1.54, 1.807) is 32.4 Å². The minimum absolute atomic E-state index is 0.0768. The van der Waals surface area contributed by atoms with E-state index in [0.717, 1.165) is 17.5 Å². The van der Waals surface area contributed by atoms with Gasteiger partial charge in [-0.1, -0.05) is 19.1 Å². The fraction of sp³-hybridized carbons (Fsp3) is 0.385. The number of methoxy groups -OCH3 is 2. The Bertz CT molecular complexity index is 1030. The molecule has 0 saturated carbocycles. The molecule has 0 spiro atoms. The third kappa shape index (κ3) is 5.20. The predicted molar refractivity (Wildman–Crippen MR) is 125 cm³/mol. The van der Waals surface area contributed by atoms with Crippen molar-refractivity contribution in [3.63, 3.8) is 0 Å². The number of aliphatic hydroxyl groups is 1. The van der Waals surface area contributed by atoms with E-state index in [1.807, 2.05) is 38.1 Å². The summed E-state index contributed by atoms with van der Waals surface area (Å²) in [6.07, 6.45) is 1.46. The van der Waals surface area contributed by atoms with Gasteiger partial charge in [0.1, 0.15) is 17.3 Å². The van der Waals surface area contributed by atoms with Crippen LogP contribution in [0.25, 0.3) is 5.76 Å². The van der Waals surface area contributed by atoms with E-state index in [1.165, 1.54) is 4.90 Å². The molecule has 2 aromatic carbocycles. The molecular weight excluding hydrogens is 422 g/mol. The maximum atomic E-state index is 13.1. The van der Waals surface area contributed by atoms with Gasteiger partial charge >= 0.3 is 0 Å². The molecule has 1 amide bonds. The summed E-state index contributed by atoms with van der Waals surface area (Å²) in [5.41, 5.74) is 2.02. The molecule has 1 saturated heterocycles. The minimum atomic E-state index is -0.705. The normalized spacial score (nSPS) is 17.5. The summed E-state index contributed by atoms with van der Waals surface area (Å²) in [6, 6.07) is 11.8. The molecule has 1 fully saturated rings. The Kier molecular flexibility index (Phi) is 8.11. The maximum absolute atomic E-state index is 13.1. The largest absolute Gasteiger partial charge is 0.507 e. The van der Waals surface area contributed by atoms with Crippen molar-refractivity contribution in [2.45, 2.75) is 32.7 Å². The molecule has 0 aromatic heterocycles. The summed E-state index contributed by atoms with van der Waals surface area (Å²) in [5, 5.41) is 11.2. The quantitative estimate of drug-likeness (QED) is 0.251. The van der Waals surface area contributed by atoms with Crippen molar-refractivity contribution < 1.29 is 28.9 Å². The molecule has 2 aromatic rings.